The van der Waals surface area contributed by atoms with Crippen molar-refractivity contribution in [3.05, 3.63) is 11.1 Å². The van der Waals surface area contributed by atoms with Crippen molar-refractivity contribution in [3.63, 3.8) is 0 Å². The smallest absolute Gasteiger partial charge is 0.213 e. The molecule has 1 aromatic heterocycles. The lowest BCUT2D eigenvalue weighted by Gasteiger charge is -2.14. The summed E-state index contributed by atoms with van der Waals surface area (Å²) in [6.45, 7) is 1.80. The summed E-state index contributed by atoms with van der Waals surface area (Å²) in [5.74, 6) is -0.0420. The summed E-state index contributed by atoms with van der Waals surface area (Å²) in [4.78, 5) is 17.4. The van der Waals surface area contributed by atoms with E-state index in [1.807, 2.05) is 0 Å². The van der Waals surface area contributed by atoms with Crippen LogP contribution in [0.4, 0.5) is 5.13 Å². The highest BCUT2D eigenvalue weighted by Gasteiger charge is 2.13. The number of hydrogen-bond donors (Lipinski definition) is 1. The lowest BCUT2D eigenvalue weighted by molar-refractivity contribution is 0.102. The van der Waals surface area contributed by atoms with E-state index in [0.29, 0.717) is 16.6 Å². The maximum Gasteiger partial charge on any atom is 0.213 e. The fraction of sp³-hybridized carbons (Fsp3) is 0.556. The Morgan fingerprint density at radius 3 is 2.71 bits per heavy atom. The molecule has 0 aliphatic heterocycles. The van der Waals surface area contributed by atoms with E-state index in [-0.39, 0.29) is 11.5 Å². The summed E-state index contributed by atoms with van der Waals surface area (Å²) in [6, 6.07) is 0. The highest BCUT2D eigenvalue weighted by Crippen LogP contribution is 2.21. The molecule has 0 bridgehead atoms. The fourth-order valence-corrected chi connectivity index (χ4v) is 2.58. The van der Waals surface area contributed by atoms with Gasteiger partial charge in [-0.15, -0.1) is 0 Å². The zero-order valence-electron chi connectivity index (χ0n) is 9.93. The SMILES string of the molecule is CNS(=O)(=O)CCN(C)c1ncc(C(C)=O)s1. The first kappa shape index (κ1) is 14.1. The van der Waals surface area contributed by atoms with Crippen molar-refractivity contribution in [2.45, 2.75) is 6.92 Å². The second-order valence-corrected chi connectivity index (χ2v) is 6.56. The quantitative estimate of drug-likeness (QED) is 0.758. The number of Topliss-reactive ketones (excluding diaryl/α,β-unsaturated/α-hetero) is 1. The molecule has 0 aliphatic carbocycles. The number of nitrogens with zero attached hydrogens (tertiary/aromatic N) is 2. The molecule has 1 rings (SSSR count). The molecule has 0 spiro atoms. The number of ketones is 1. The van der Waals surface area contributed by atoms with E-state index in [0.717, 1.165) is 0 Å². The average molecular weight is 277 g/mol. The van der Waals surface area contributed by atoms with Crippen LogP contribution in [0.2, 0.25) is 0 Å². The molecular formula is C9H15N3O3S2. The highest BCUT2D eigenvalue weighted by atomic mass is 32.2. The van der Waals surface area contributed by atoms with E-state index in [1.165, 1.54) is 31.5 Å². The number of sulfonamides is 1. The third-order valence-electron chi connectivity index (χ3n) is 2.17. The van der Waals surface area contributed by atoms with E-state index in [4.69, 9.17) is 0 Å². The summed E-state index contributed by atoms with van der Waals surface area (Å²) in [7, 11) is -0.0883. The molecule has 8 heteroatoms. The number of aromatic nitrogens is 1. The zero-order valence-corrected chi connectivity index (χ0v) is 11.6. The fourth-order valence-electron chi connectivity index (χ4n) is 1.06. The maximum absolute atomic E-state index is 11.2. The second-order valence-electron chi connectivity index (χ2n) is 3.51. The average Bonchev–Trinajstić information content (AvgIpc) is 2.75. The Labute approximate surface area is 105 Å². The molecule has 1 heterocycles. The van der Waals surface area contributed by atoms with E-state index in [2.05, 4.69) is 9.71 Å². The van der Waals surface area contributed by atoms with Crippen molar-refractivity contribution in [2.75, 3.05) is 31.3 Å². The summed E-state index contributed by atoms with van der Waals surface area (Å²) in [5.41, 5.74) is 0. The van der Waals surface area contributed by atoms with Gasteiger partial charge in [0.15, 0.2) is 10.9 Å². The van der Waals surface area contributed by atoms with E-state index >= 15 is 0 Å². The summed E-state index contributed by atoms with van der Waals surface area (Å²) < 4.78 is 24.7. The van der Waals surface area contributed by atoms with Crippen LogP contribution in [0.5, 0.6) is 0 Å². The minimum atomic E-state index is -3.21. The molecule has 1 aromatic rings. The Kier molecular flexibility index (Phi) is 4.61. The molecule has 1 N–H and O–H groups in total. The van der Waals surface area contributed by atoms with Gasteiger partial charge in [0.1, 0.15) is 0 Å². The standard InChI is InChI=1S/C9H15N3O3S2/c1-7(13)8-6-11-9(16-8)12(3)4-5-17(14,15)10-2/h6,10H,4-5H2,1-3H3. The van der Waals surface area contributed by atoms with Crippen LogP contribution >= 0.6 is 11.3 Å². The second kappa shape index (κ2) is 5.56. The van der Waals surface area contributed by atoms with Gasteiger partial charge in [-0.25, -0.2) is 18.1 Å². The molecule has 0 atom stereocenters. The Morgan fingerprint density at radius 1 is 1.59 bits per heavy atom. The van der Waals surface area contributed by atoms with Crippen LogP contribution in [0.15, 0.2) is 6.20 Å². The maximum atomic E-state index is 11.2. The Hall–Kier alpha value is -0.990. The van der Waals surface area contributed by atoms with Gasteiger partial charge in [0, 0.05) is 20.5 Å². The van der Waals surface area contributed by atoms with Gasteiger partial charge in [-0.3, -0.25) is 4.79 Å². The number of anilines is 1. The molecule has 0 saturated heterocycles. The highest BCUT2D eigenvalue weighted by molar-refractivity contribution is 7.89. The first-order chi connectivity index (χ1) is 7.85. The third-order valence-corrected chi connectivity index (χ3v) is 4.73. The molecule has 0 amide bonds. The van der Waals surface area contributed by atoms with Gasteiger partial charge in [0.05, 0.1) is 16.8 Å². The van der Waals surface area contributed by atoms with E-state index in [9.17, 15) is 13.2 Å². The number of hydrogen-bond acceptors (Lipinski definition) is 6. The minimum absolute atomic E-state index is 0.00498. The number of carbonyl (C=O) groups excluding carboxylic acids is 1. The van der Waals surface area contributed by atoms with Crippen LogP contribution in [0.25, 0.3) is 0 Å². The van der Waals surface area contributed by atoms with Gasteiger partial charge in [-0.05, 0) is 7.05 Å². The topological polar surface area (TPSA) is 79.4 Å². The van der Waals surface area contributed by atoms with Gasteiger partial charge in [-0.2, -0.15) is 0 Å². The number of nitrogens with one attached hydrogen (secondary N) is 1. The van der Waals surface area contributed by atoms with Gasteiger partial charge in [0.2, 0.25) is 10.0 Å². The zero-order chi connectivity index (χ0) is 13.1. The van der Waals surface area contributed by atoms with Crippen LogP contribution in [0, 0.1) is 0 Å². The van der Waals surface area contributed by atoms with Crippen molar-refractivity contribution in [1.29, 1.82) is 0 Å². The van der Waals surface area contributed by atoms with E-state index in [1.54, 1.807) is 11.9 Å². The van der Waals surface area contributed by atoms with Gasteiger partial charge in [-0.1, -0.05) is 11.3 Å². The molecule has 0 saturated carbocycles. The predicted molar refractivity (Wildman–Crippen MR) is 68.2 cm³/mol. The molecule has 0 unspecified atom stereocenters. The van der Waals surface area contributed by atoms with E-state index < -0.39 is 10.0 Å². The van der Waals surface area contributed by atoms with Gasteiger partial charge >= 0.3 is 0 Å². The van der Waals surface area contributed by atoms with Gasteiger partial charge < -0.3 is 4.90 Å². The Balaban J connectivity index is 2.64. The first-order valence-corrected chi connectivity index (χ1v) is 7.41. The van der Waals surface area contributed by atoms with Crippen molar-refractivity contribution in [3.8, 4) is 0 Å². The number of carbonyl (C=O) groups is 1. The largest absolute Gasteiger partial charge is 0.350 e. The lowest BCUT2D eigenvalue weighted by Crippen LogP contribution is -2.30. The van der Waals surface area contributed by atoms with Crippen LogP contribution in [0.3, 0.4) is 0 Å². The molecule has 6 nitrogen and oxygen atoms in total. The summed E-state index contributed by atoms with van der Waals surface area (Å²) >= 11 is 1.26. The molecule has 0 radical (unpaired) electrons. The van der Waals surface area contributed by atoms with Crippen molar-refractivity contribution < 1.29 is 13.2 Å². The summed E-state index contributed by atoms with van der Waals surface area (Å²) in [6.07, 6.45) is 1.51. The van der Waals surface area contributed by atoms with Gasteiger partial charge in [0.25, 0.3) is 0 Å². The molecule has 96 valence electrons. The minimum Gasteiger partial charge on any atom is -0.350 e. The molecule has 17 heavy (non-hydrogen) atoms. The lowest BCUT2D eigenvalue weighted by atomic mass is 10.4. The van der Waals surface area contributed by atoms with Crippen LogP contribution in [-0.4, -0.2) is 45.6 Å². The predicted octanol–water partition coefficient (Wildman–Crippen LogP) is 0.331. The number of thiazole rings is 1. The molecule has 0 aromatic carbocycles. The van der Waals surface area contributed by atoms with Crippen LogP contribution in [0.1, 0.15) is 16.6 Å². The van der Waals surface area contributed by atoms with Crippen molar-refractivity contribution in [1.82, 2.24) is 9.71 Å². The Bertz CT molecular complexity index is 495. The third kappa shape index (κ3) is 4.06. The summed E-state index contributed by atoms with van der Waals surface area (Å²) in [5, 5.41) is 0.640. The molecular weight excluding hydrogens is 262 g/mol. The normalized spacial score (nSPS) is 11.5. The van der Waals surface area contributed by atoms with Crippen LogP contribution in [-0.2, 0) is 10.0 Å². The first-order valence-electron chi connectivity index (χ1n) is 4.95. The Morgan fingerprint density at radius 2 is 2.24 bits per heavy atom. The molecule has 0 aliphatic rings. The number of rotatable bonds is 6. The van der Waals surface area contributed by atoms with Crippen molar-refractivity contribution in [2.24, 2.45) is 0 Å². The van der Waals surface area contributed by atoms with Crippen LogP contribution < -0.4 is 9.62 Å². The molecule has 0 fully saturated rings. The van der Waals surface area contributed by atoms with Crippen molar-refractivity contribution >= 4 is 32.3 Å². The monoisotopic (exact) mass is 277 g/mol.